The predicted octanol–water partition coefficient (Wildman–Crippen LogP) is 5.18. The van der Waals surface area contributed by atoms with E-state index in [4.69, 9.17) is 4.74 Å². The number of ether oxygens (including phenoxy) is 1. The topological polar surface area (TPSA) is 82.7 Å². The highest BCUT2D eigenvalue weighted by Gasteiger charge is 2.19. The molecule has 0 aliphatic carbocycles. The summed E-state index contributed by atoms with van der Waals surface area (Å²) in [6.45, 7) is 4.23. The number of hydrogen-bond donors (Lipinski definition) is 3. The smallest absolute Gasteiger partial charge is 0.323 e. The first-order valence-electron chi connectivity index (χ1n) is 11.5. The summed E-state index contributed by atoms with van der Waals surface area (Å²) in [5.41, 5.74) is 4.77. The van der Waals surface area contributed by atoms with Gasteiger partial charge < -0.3 is 25.6 Å². The van der Waals surface area contributed by atoms with Crippen molar-refractivity contribution in [2.45, 2.75) is 26.3 Å². The highest BCUT2D eigenvalue weighted by molar-refractivity contribution is 6.04. The Morgan fingerprint density at radius 3 is 2.41 bits per heavy atom. The molecular weight excluding hydrogens is 428 g/mol. The molecule has 176 valence electrons. The van der Waals surface area contributed by atoms with Crippen molar-refractivity contribution >= 4 is 29.0 Å². The van der Waals surface area contributed by atoms with Crippen LogP contribution in [0.4, 0.5) is 21.9 Å². The van der Waals surface area contributed by atoms with Crippen LogP contribution in [0.25, 0.3) is 0 Å². The highest BCUT2D eigenvalue weighted by Crippen LogP contribution is 2.30. The van der Waals surface area contributed by atoms with Crippen molar-refractivity contribution in [1.82, 2.24) is 5.32 Å². The fraction of sp³-hybridized carbons (Fsp3) is 0.259. The molecule has 34 heavy (non-hydrogen) atoms. The van der Waals surface area contributed by atoms with E-state index in [-0.39, 0.29) is 11.9 Å². The van der Waals surface area contributed by atoms with E-state index in [9.17, 15) is 9.59 Å². The van der Waals surface area contributed by atoms with Crippen molar-refractivity contribution in [3.05, 3.63) is 83.4 Å². The van der Waals surface area contributed by atoms with E-state index in [2.05, 4.69) is 20.9 Å². The third-order valence-corrected chi connectivity index (χ3v) is 5.84. The lowest BCUT2D eigenvalue weighted by atomic mass is 10.1. The first-order chi connectivity index (χ1) is 16.5. The van der Waals surface area contributed by atoms with Crippen molar-refractivity contribution in [3.63, 3.8) is 0 Å². The molecule has 0 spiro atoms. The quantitative estimate of drug-likeness (QED) is 0.456. The van der Waals surface area contributed by atoms with Crippen molar-refractivity contribution in [2.75, 3.05) is 35.7 Å². The molecule has 0 unspecified atom stereocenters. The van der Waals surface area contributed by atoms with Crippen LogP contribution in [0.15, 0.2) is 66.7 Å². The van der Waals surface area contributed by atoms with Crippen LogP contribution in [0.1, 0.15) is 34.3 Å². The fourth-order valence-electron chi connectivity index (χ4n) is 4.05. The average Bonchev–Trinajstić information content (AvgIpc) is 3.37. The van der Waals surface area contributed by atoms with Crippen LogP contribution >= 0.6 is 0 Å². The number of aryl methyl sites for hydroxylation is 1. The van der Waals surface area contributed by atoms with Crippen LogP contribution in [0.5, 0.6) is 5.75 Å². The van der Waals surface area contributed by atoms with Crippen LogP contribution in [0.2, 0.25) is 0 Å². The number of hydrogen-bond acceptors (Lipinski definition) is 4. The summed E-state index contributed by atoms with van der Waals surface area (Å²) in [6.07, 6.45) is 2.22. The van der Waals surface area contributed by atoms with Gasteiger partial charge in [-0.25, -0.2) is 4.79 Å². The van der Waals surface area contributed by atoms with Gasteiger partial charge in [-0.3, -0.25) is 4.79 Å². The van der Waals surface area contributed by atoms with Gasteiger partial charge in [-0.1, -0.05) is 24.3 Å². The molecule has 3 N–H and O–H groups in total. The van der Waals surface area contributed by atoms with E-state index in [1.54, 1.807) is 19.2 Å². The maximum absolute atomic E-state index is 12.9. The Morgan fingerprint density at radius 2 is 1.71 bits per heavy atom. The molecule has 3 aromatic carbocycles. The second-order valence-corrected chi connectivity index (χ2v) is 8.41. The molecule has 3 amide bonds. The van der Waals surface area contributed by atoms with E-state index in [0.29, 0.717) is 23.5 Å². The zero-order valence-corrected chi connectivity index (χ0v) is 19.6. The number of methoxy groups -OCH3 is 1. The SMILES string of the molecule is COc1ccc(CNC(=O)c2ccc(N3CCCC3)c(NC(=O)Nc3cccc(C)c3)c2)cc1. The van der Waals surface area contributed by atoms with Gasteiger partial charge in [0.05, 0.1) is 18.5 Å². The van der Waals surface area contributed by atoms with Gasteiger partial charge in [-0.2, -0.15) is 0 Å². The summed E-state index contributed by atoms with van der Waals surface area (Å²) in [4.78, 5) is 27.9. The first kappa shape index (κ1) is 23.2. The number of carbonyl (C=O) groups excluding carboxylic acids is 2. The Hall–Kier alpha value is -4.00. The van der Waals surface area contributed by atoms with Gasteiger partial charge in [0.2, 0.25) is 0 Å². The normalized spacial score (nSPS) is 12.8. The second-order valence-electron chi connectivity index (χ2n) is 8.41. The van der Waals surface area contributed by atoms with E-state index < -0.39 is 0 Å². The maximum Gasteiger partial charge on any atom is 0.323 e. The van der Waals surface area contributed by atoms with Crippen molar-refractivity contribution in [3.8, 4) is 5.75 Å². The van der Waals surface area contributed by atoms with Gasteiger partial charge in [-0.15, -0.1) is 0 Å². The standard InChI is InChI=1S/C27H30N4O3/c1-19-6-5-7-22(16-19)29-27(33)30-24-17-21(10-13-25(24)31-14-3-4-15-31)26(32)28-18-20-8-11-23(34-2)12-9-20/h5-13,16-17H,3-4,14-15,18H2,1-2H3,(H,28,32)(H2,29,30,33). The number of benzene rings is 3. The van der Waals surface area contributed by atoms with Crippen LogP contribution in [0, 0.1) is 6.92 Å². The lowest BCUT2D eigenvalue weighted by Crippen LogP contribution is -2.26. The number of amides is 3. The Bertz CT molecular complexity index is 1150. The molecule has 1 aliphatic rings. The van der Waals surface area contributed by atoms with Gasteiger partial charge >= 0.3 is 6.03 Å². The van der Waals surface area contributed by atoms with Crippen LogP contribution in [0.3, 0.4) is 0 Å². The molecule has 1 fully saturated rings. The zero-order valence-electron chi connectivity index (χ0n) is 19.6. The monoisotopic (exact) mass is 458 g/mol. The summed E-state index contributed by atoms with van der Waals surface area (Å²) in [7, 11) is 1.62. The lowest BCUT2D eigenvalue weighted by Gasteiger charge is -2.22. The molecule has 0 aromatic heterocycles. The van der Waals surface area contributed by atoms with E-state index >= 15 is 0 Å². The van der Waals surface area contributed by atoms with Crippen LogP contribution < -0.4 is 25.6 Å². The molecule has 1 heterocycles. The molecule has 0 bridgehead atoms. The molecule has 0 saturated carbocycles. The van der Waals surface area contributed by atoms with Gasteiger partial charge in [0.25, 0.3) is 5.91 Å². The van der Waals surface area contributed by atoms with Crippen LogP contribution in [-0.2, 0) is 6.54 Å². The van der Waals surface area contributed by atoms with E-state index in [0.717, 1.165) is 48.5 Å². The number of nitrogens with zero attached hydrogens (tertiary/aromatic N) is 1. The van der Waals surface area contributed by atoms with Crippen molar-refractivity contribution in [2.24, 2.45) is 0 Å². The number of rotatable bonds is 7. The predicted molar refractivity (Wildman–Crippen MR) is 136 cm³/mol. The minimum Gasteiger partial charge on any atom is -0.497 e. The number of urea groups is 1. The average molecular weight is 459 g/mol. The number of nitrogens with one attached hydrogen (secondary N) is 3. The summed E-state index contributed by atoms with van der Waals surface area (Å²) in [5, 5.41) is 8.77. The molecule has 7 heteroatoms. The van der Waals surface area contributed by atoms with Crippen molar-refractivity contribution in [1.29, 1.82) is 0 Å². The highest BCUT2D eigenvalue weighted by atomic mass is 16.5. The second kappa shape index (κ2) is 10.7. The fourth-order valence-corrected chi connectivity index (χ4v) is 4.05. The summed E-state index contributed by atoms with van der Waals surface area (Å²) < 4.78 is 5.17. The Labute approximate surface area is 200 Å². The maximum atomic E-state index is 12.9. The molecule has 4 rings (SSSR count). The molecule has 1 aliphatic heterocycles. The molecule has 1 saturated heterocycles. The minimum atomic E-state index is -0.346. The molecule has 7 nitrogen and oxygen atoms in total. The Balaban J connectivity index is 1.48. The number of anilines is 3. The Morgan fingerprint density at radius 1 is 0.941 bits per heavy atom. The van der Waals surface area contributed by atoms with Gasteiger partial charge in [0, 0.05) is 30.9 Å². The lowest BCUT2D eigenvalue weighted by molar-refractivity contribution is 0.0951. The summed E-state index contributed by atoms with van der Waals surface area (Å²) >= 11 is 0. The van der Waals surface area contributed by atoms with Crippen molar-refractivity contribution < 1.29 is 14.3 Å². The zero-order chi connectivity index (χ0) is 23.9. The van der Waals surface area contributed by atoms with Gasteiger partial charge in [0.15, 0.2) is 0 Å². The number of carbonyl (C=O) groups is 2. The molecule has 3 aromatic rings. The van der Waals surface area contributed by atoms with E-state index in [1.807, 2.05) is 61.5 Å². The van der Waals surface area contributed by atoms with Crippen LogP contribution in [-0.4, -0.2) is 32.1 Å². The summed E-state index contributed by atoms with van der Waals surface area (Å²) in [6, 6.07) is 20.3. The summed E-state index contributed by atoms with van der Waals surface area (Å²) in [5.74, 6) is 0.568. The Kier molecular flexibility index (Phi) is 7.32. The third-order valence-electron chi connectivity index (χ3n) is 5.84. The van der Waals surface area contributed by atoms with Gasteiger partial charge in [-0.05, 0) is 73.4 Å². The molecular formula is C27H30N4O3. The molecule has 0 radical (unpaired) electrons. The van der Waals surface area contributed by atoms with Gasteiger partial charge in [0.1, 0.15) is 5.75 Å². The van der Waals surface area contributed by atoms with E-state index in [1.165, 1.54) is 0 Å². The first-order valence-corrected chi connectivity index (χ1v) is 11.5. The molecule has 0 atom stereocenters. The minimum absolute atomic E-state index is 0.203. The largest absolute Gasteiger partial charge is 0.497 e. The third kappa shape index (κ3) is 5.86.